The fraction of sp³-hybridized carbons (Fsp3) is 0.360. The second-order valence-corrected chi connectivity index (χ2v) is 8.73. The van der Waals surface area contributed by atoms with Gasteiger partial charge in [-0.2, -0.15) is 4.98 Å². The summed E-state index contributed by atoms with van der Waals surface area (Å²) >= 11 is 1.54. The minimum absolute atomic E-state index is 0.177. The first-order chi connectivity index (χ1) is 16.6. The molecule has 1 atom stereocenters. The molecule has 34 heavy (non-hydrogen) atoms. The van der Waals surface area contributed by atoms with Gasteiger partial charge in [-0.3, -0.25) is 9.69 Å². The van der Waals surface area contributed by atoms with Gasteiger partial charge < -0.3 is 14.2 Å². The van der Waals surface area contributed by atoms with E-state index in [-0.39, 0.29) is 5.91 Å². The van der Waals surface area contributed by atoms with Crippen molar-refractivity contribution < 1.29 is 19.0 Å². The molecule has 0 bridgehead atoms. The van der Waals surface area contributed by atoms with E-state index >= 15 is 0 Å². The summed E-state index contributed by atoms with van der Waals surface area (Å²) in [4.78, 5) is 19.2. The highest BCUT2D eigenvalue weighted by atomic mass is 32.2. The molecular weight excluding hydrogens is 452 g/mol. The molecule has 3 aromatic rings. The molecule has 2 heterocycles. The molecule has 4 rings (SSSR count). The number of carbonyl (C=O) groups excluding carboxylic acids is 1. The van der Waals surface area contributed by atoms with Crippen LogP contribution in [-0.2, 0) is 4.79 Å². The Hall–Kier alpha value is -3.33. The number of benzene rings is 2. The molecule has 1 aliphatic rings. The lowest BCUT2D eigenvalue weighted by Gasteiger charge is -2.30. The maximum Gasteiger partial charge on any atom is 0.247 e. The lowest BCUT2D eigenvalue weighted by Crippen LogP contribution is -2.36. The number of aromatic nitrogens is 3. The van der Waals surface area contributed by atoms with Gasteiger partial charge >= 0.3 is 0 Å². The summed E-state index contributed by atoms with van der Waals surface area (Å²) in [5.41, 5.74) is 2.63. The summed E-state index contributed by atoms with van der Waals surface area (Å²) < 4.78 is 17.6. The van der Waals surface area contributed by atoms with Crippen LogP contribution in [0.3, 0.4) is 0 Å². The highest BCUT2D eigenvalue weighted by molar-refractivity contribution is 7.99. The van der Waals surface area contributed by atoms with Crippen LogP contribution in [0.5, 0.6) is 17.4 Å². The normalized spacial score (nSPS) is 14.5. The van der Waals surface area contributed by atoms with E-state index in [0.717, 1.165) is 29.7 Å². The molecule has 1 aliphatic heterocycles. The fourth-order valence-electron chi connectivity index (χ4n) is 3.75. The zero-order chi connectivity index (χ0) is 24.1. The molecular formula is C25H28N4O4S. The average molecular weight is 481 g/mol. The molecule has 0 N–H and O–H groups in total. The van der Waals surface area contributed by atoms with Gasteiger partial charge in [0, 0.05) is 23.8 Å². The lowest BCUT2D eigenvalue weighted by molar-refractivity contribution is -0.118. The van der Waals surface area contributed by atoms with Crippen LogP contribution in [-0.4, -0.2) is 40.6 Å². The van der Waals surface area contributed by atoms with Gasteiger partial charge in [-0.05, 0) is 37.6 Å². The zero-order valence-corrected chi connectivity index (χ0v) is 20.6. The van der Waals surface area contributed by atoms with Crippen LogP contribution in [0, 0.1) is 0 Å². The SMILES string of the molecule is CCCCSc1nnc2c(n1)O[C@H](c1ccc(OCC)c(OC)c1)N(C(C)=O)c1ccccc1-2. The first-order valence-electron chi connectivity index (χ1n) is 11.3. The number of hydrogen-bond donors (Lipinski definition) is 0. The van der Waals surface area contributed by atoms with Gasteiger partial charge in [0.15, 0.2) is 17.2 Å². The van der Waals surface area contributed by atoms with Crippen LogP contribution in [0.1, 0.15) is 45.4 Å². The third-order valence-electron chi connectivity index (χ3n) is 5.35. The van der Waals surface area contributed by atoms with Crippen LogP contribution in [0.4, 0.5) is 5.69 Å². The Balaban J connectivity index is 1.84. The predicted molar refractivity (Wildman–Crippen MR) is 132 cm³/mol. The summed E-state index contributed by atoms with van der Waals surface area (Å²) in [7, 11) is 1.58. The van der Waals surface area contributed by atoms with Gasteiger partial charge in [-0.1, -0.05) is 43.3 Å². The predicted octanol–water partition coefficient (Wildman–Crippen LogP) is 5.28. The number of anilines is 1. The van der Waals surface area contributed by atoms with Gasteiger partial charge in [0.2, 0.25) is 23.2 Å². The second kappa shape index (κ2) is 10.7. The highest BCUT2D eigenvalue weighted by Gasteiger charge is 2.35. The number of ether oxygens (including phenoxy) is 3. The molecule has 9 heteroatoms. The van der Waals surface area contributed by atoms with Crippen LogP contribution < -0.4 is 19.1 Å². The van der Waals surface area contributed by atoms with Crippen molar-refractivity contribution in [3.05, 3.63) is 48.0 Å². The van der Waals surface area contributed by atoms with Crippen LogP contribution in [0.15, 0.2) is 47.6 Å². The van der Waals surface area contributed by atoms with Crippen LogP contribution in [0.2, 0.25) is 0 Å². The van der Waals surface area contributed by atoms with E-state index in [2.05, 4.69) is 22.1 Å². The van der Waals surface area contributed by atoms with E-state index in [1.807, 2.05) is 49.4 Å². The topological polar surface area (TPSA) is 86.7 Å². The summed E-state index contributed by atoms with van der Waals surface area (Å²) in [5, 5.41) is 9.31. The largest absolute Gasteiger partial charge is 0.493 e. The van der Waals surface area contributed by atoms with Gasteiger partial charge in [-0.25, -0.2) is 0 Å². The molecule has 178 valence electrons. The molecule has 0 saturated carbocycles. The Kier molecular flexibility index (Phi) is 7.52. The number of rotatable bonds is 8. The Morgan fingerprint density at radius 1 is 1.15 bits per heavy atom. The molecule has 0 aliphatic carbocycles. The maximum atomic E-state index is 12.9. The molecule has 0 spiro atoms. The van der Waals surface area contributed by atoms with Gasteiger partial charge in [0.25, 0.3) is 0 Å². The third-order valence-corrected chi connectivity index (χ3v) is 6.28. The summed E-state index contributed by atoms with van der Waals surface area (Å²) in [5.74, 6) is 2.23. The first kappa shape index (κ1) is 23.8. The summed E-state index contributed by atoms with van der Waals surface area (Å²) in [6, 6.07) is 13.1. The molecule has 8 nitrogen and oxygen atoms in total. The van der Waals surface area contributed by atoms with E-state index in [4.69, 9.17) is 14.2 Å². The van der Waals surface area contributed by atoms with Crippen molar-refractivity contribution in [3.63, 3.8) is 0 Å². The van der Waals surface area contributed by atoms with Crippen molar-refractivity contribution in [3.8, 4) is 28.6 Å². The average Bonchev–Trinajstić information content (AvgIpc) is 2.99. The zero-order valence-electron chi connectivity index (χ0n) is 19.8. The number of thioether (sulfide) groups is 1. The number of amides is 1. The smallest absolute Gasteiger partial charge is 0.247 e. The number of methoxy groups -OCH3 is 1. The second-order valence-electron chi connectivity index (χ2n) is 7.67. The number of fused-ring (bicyclic) bond motifs is 3. The molecule has 0 saturated heterocycles. The van der Waals surface area contributed by atoms with Crippen molar-refractivity contribution in [1.82, 2.24) is 15.2 Å². The summed E-state index contributed by atoms with van der Waals surface area (Å²) in [6.45, 7) is 6.08. The molecule has 2 aromatic carbocycles. The van der Waals surface area contributed by atoms with Crippen molar-refractivity contribution in [2.24, 2.45) is 0 Å². The van der Waals surface area contributed by atoms with Crippen molar-refractivity contribution >= 4 is 23.4 Å². The molecule has 0 radical (unpaired) electrons. The Morgan fingerprint density at radius 2 is 1.97 bits per heavy atom. The minimum Gasteiger partial charge on any atom is -0.493 e. The molecule has 0 unspecified atom stereocenters. The fourth-order valence-corrected chi connectivity index (χ4v) is 4.61. The van der Waals surface area contributed by atoms with E-state index in [9.17, 15) is 4.79 Å². The number of nitrogens with zero attached hydrogens (tertiary/aromatic N) is 4. The van der Waals surface area contributed by atoms with Crippen molar-refractivity contribution in [2.45, 2.75) is 45.0 Å². The number of para-hydroxylation sites is 1. The van der Waals surface area contributed by atoms with Crippen molar-refractivity contribution in [1.29, 1.82) is 0 Å². The van der Waals surface area contributed by atoms with E-state index in [0.29, 0.717) is 40.5 Å². The third kappa shape index (κ3) is 4.79. The van der Waals surface area contributed by atoms with Crippen LogP contribution in [0.25, 0.3) is 11.3 Å². The van der Waals surface area contributed by atoms with E-state index in [1.54, 1.807) is 23.8 Å². The number of unbranched alkanes of at least 4 members (excludes halogenated alkanes) is 1. The Morgan fingerprint density at radius 3 is 2.71 bits per heavy atom. The number of hydrogen-bond acceptors (Lipinski definition) is 8. The number of carbonyl (C=O) groups is 1. The lowest BCUT2D eigenvalue weighted by atomic mass is 10.1. The Bertz CT molecular complexity index is 1170. The monoisotopic (exact) mass is 480 g/mol. The highest BCUT2D eigenvalue weighted by Crippen LogP contribution is 2.44. The van der Waals surface area contributed by atoms with E-state index < -0.39 is 6.23 Å². The first-order valence-corrected chi connectivity index (χ1v) is 12.3. The standard InChI is InChI=1S/C25H28N4O4S/c1-5-7-14-34-25-26-23-22(27-28-25)18-10-8-9-11-19(18)29(16(3)30)24(33-23)17-12-13-20(32-6-2)21(15-17)31-4/h8-13,15,24H,5-7,14H2,1-4H3/t24-/m1/s1. The molecule has 0 fully saturated rings. The van der Waals surface area contributed by atoms with Crippen LogP contribution >= 0.6 is 11.8 Å². The quantitative estimate of drug-likeness (QED) is 0.318. The molecule has 1 aromatic heterocycles. The maximum absolute atomic E-state index is 12.9. The minimum atomic E-state index is -0.783. The van der Waals surface area contributed by atoms with Gasteiger partial charge in [0.05, 0.1) is 19.4 Å². The molecule has 1 amide bonds. The van der Waals surface area contributed by atoms with Crippen molar-refractivity contribution in [2.75, 3.05) is 24.4 Å². The summed E-state index contributed by atoms with van der Waals surface area (Å²) in [6.07, 6.45) is 1.36. The van der Waals surface area contributed by atoms with Gasteiger partial charge in [-0.15, -0.1) is 10.2 Å². The van der Waals surface area contributed by atoms with E-state index in [1.165, 1.54) is 6.92 Å². The Labute approximate surface area is 203 Å². The van der Waals surface area contributed by atoms with Gasteiger partial charge in [0.1, 0.15) is 0 Å².